The fourth-order valence-electron chi connectivity index (χ4n) is 3.81. The van der Waals surface area contributed by atoms with Gasteiger partial charge in [0.05, 0.1) is 16.3 Å². The number of aryl methyl sites for hydroxylation is 1. The molecule has 3 aromatic rings. The van der Waals surface area contributed by atoms with Gasteiger partial charge < -0.3 is 9.80 Å². The SMILES string of the molecule is Cc1nn(-c2ccccc2)c(C)c1/C=C/C(=O)N1CCN(c2ccc([N+](=O)[O-])cn2)CC1. The van der Waals surface area contributed by atoms with Crippen LogP contribution in [0.3, 0.4) is 0 Å². The van der Waals surface area contributed by atoms with Crippen molar-refractivity contribution in [2.75, 3.05) is 31.1 Å². The number of amides is 1. The van der Waals surface area contributed by atoms with E-state index < -0.39 is 4.92 Å². The van der Waals surface area contributed by atoms with Gasteiger partial charge in [0, 0.05) is 49.6 Å². The van der Waals surface area contributed by atoms with E-state index in [2.05, 4.69) is 10.1 Å². The van der Waals surface area contributed by atoms with Crippen molar-refractivity contribution >= 4 is 23.5 Å². The third kappa shape index (κ3) is 4.36. The Bertz CT molecular complexity index is 1150. The number of benzene rings is 1. The first-order valence-electron chi connectivity index (χ1n) is 10.4. The molecule has 9 nitrogen and oxygen atoms in total. The van der Waals surface area contributed by atoms with Crippen molar-refractivity contribution in [1.29, 1.82) is 0 Å². The first-order valence-corrected chi connectivity index (χ1v) is 10.4. The van der Waals surface area contributed by atoms with Gasteiger partial charge in [-0.15, -0.1) is 0 Å². The summed E-state index contributed by atoms with van der Waals surface area (Å²) < 4.78 is 1.88. The molecule has 0 bridgehead atoms. The lowest BCUT2D eigenvalue weighted by Gasteiger charge is -2.34. The number of carbonyl (C=O) groups excluding carboxylic acids is 1. The Morgan fingerprint density at radius 2 is 1.78 bits per heavy atom. The van der Waals surface area contributed by atoms with Gasteiger partial charge in [-0.25, -0.2) is 9.67 Å². The number of hydrogen-bond acceptors (Lipinski definition) is 6. The molecule has 0 aliphatic carbocycles. The molecule has 1 aliphatic rings. The summed E-state index contributed by atoms with van der Waals surface area (Å²) in [5, 5.41) is 15.4. The zero-order chi connectivity index (χ0) is 22.7. The zero-order valence-corrected chi connectivity index (χ0v) is 18.0. The second-order valence-corrected chi connectivity index (χ2v) is 7.61. The summed E-state index contributed by atoms with van der Waals surface area (Å²) in [5.74, 6) is 0.630. The summed E-state index contributed by atoms with van der Waals surface area (Å²) in [7, 11) is 0. The minimum absolute atomic E-state index is 0.0334. The molecule has 1 saturated heterocycles. The molecular formula is C23H24N6O3. The molecule has 32 heavy (non-hydrogen) atoms. The lowest BCUT2D eigenvalue weighted by molar-refractivity contribution is -0.385. The molecule has 1 aliphatic heterocycles. The number of nitro groups is 1. The summed E-state index contributed by atoms with van der Waals surface area (Å²) in [6.07, 6.45) is 4.70. The Balaban J connectivity index is 1.39. The molecule has 2 aromatic heterocycles. The van der Waals surface area contributed by atoms with Crippen molar-refractivity contribution in [1.82, 2.24) is 19.7 Å². The zero-order valence-electron chi connectivity index (χ0n) is 18.0. The highest BCUT2D eigenvalue weighted by atomic mass is 16.6. The van der Waals surface area contributed by atoms with Crippen LogP contribution in [0.1, 0.15) is 17.0 Å². The van der Waals surface area contributed by atoms with Crippen LogP contribution < -0.4 is 4.90 Å². The highest BCUT2D eigenvalue weighted by Gasteiger charge is 2.21. The molecule has 0 spiro atoms. The summed E-state index contributed by atoms with van der Waals surface area (Å²) in [5.41, 5.74) is 3.73. The van der Waals surface area contributed by atoms with Crippen LogP contribution in [0, 0.1) is 24.0 Å². The maximum absolute atomic E-state index is 12.7. The van der Waals surface area contributed by atoms with Gasteiger partial charge in [-0.05, 0) is 38.1 Å². The van der Waals surface area contributed by atoms with E-state index >= 15 is 0 Å². The molecular weight excluding hydrogens is 408 g/mol. The van der Waals surface area contributed by atoms with Crippen molar-refractivity contribution in [3.63, 3.8) is 0 Å². The fraction of sp³-hybridized carbons (Fsp3) is 0.261. The third-order valence-electron chi connectivity index (χ3n) is 5.60. The monoisotopic (exact) mass is 432 g/mol. The Kier molecular flexibility index (Phi) is 5.98. The quantitative estimate of drug-likeness (QED) is 0.349. The minimum atomic E-state index is -0.466. The average molecular weight is 432 g/mol. The molecule has 0 saturated carbocycles. The number of rotatable bonds is 5. The van der Waals surface area contributed by atoms with Crippen LogP contribution in [0.25, 0.3) is 11.8 Å². The van der Waals surface area contributed by atoms with Crippen LogP contribution in [-0.4, -0.2) is 56.7 Å². The van der Waals surface area contributed by atoms with Crippen molar-refractivity contribution < 1.29 is 9.72 Å². The Labute approximate surface area is 185 Å². The number of piperazine rings is 1. The molecule has 3 heterocycles. The second-order valence-electron chi connectivity index (χ2n) is 7.61. The molecule has 1 aromatic carbocycles. The first-order chi connectivity index (χ1) is 15.4. The maximum atomic E-state index is 12.7. The summed E-state index contributed by atoms with van der Waals surface area (Å²) in [6.45, 7) is 6.29. The van der Waals surface area contributed by atoms with Crippen molar-refractivity contribution in [2.24, 2.45) is 0 Å². The number of carbonyl (C=O) groups is 1. The number of hydrogen-bond donors (Lipinski definition) is 0. The minimum Gasteiger partial charge on any atom is -0.353 e. The topological polar surface area (TPSA) is 97.4 Å². The molecule has 0 radical (unpaired) electrons. The van der Waals surface area contributed by atoms with Gasteiger partial charge in [0.15, 0.2) is 0 Å². The van der Waals surface area contributed by atoms with Crippen LogP contribution in [0.15, 0.2) is 54.7 Å². The van der Waals surface area contributed by atoms with Crippen molar-refractivity contribution in [3.05, 3.63) is 81.8 Å². The number of aromatic nitrogens is 3. The summed E-state index contributed by atoms with van der Waals surface area (Å²) in [4.78, 5) is 31.0. The number of para-hydroxylation sites is 1. The van der Waals surface area contributed by atoms with Gasteiger partial charge in [-0.3, -0.25) is 14.9 Å². The Morgan fingerprint density at radius 3 is 2.41 bits per heavy atom. The van der Waals surface area contributed by atoms with E-state index in [1.54, 1.807) is 17.0 Å². The summed E-state index contributed by atoms with van der Waals surface area (Å²) in [6, 6.07) is 13.0. The smallest absolute Gasteiger partial charge is 0.287 e. The van der Waals surface area contributed by atoms with E-state index in [0.29, 0.717) is 32.0 Å². The highest BCUT2D eigenvalue weighted by Crippen LogP contribution is 2.20. The lowest BCUT2D eigenvalue weighted by atomic mass is 10.1. The van der Waals surface area contributed by atoms with E-state index in [9.17, 15) is 14.9 Å². The maximum Gasteiger partial charge on any atom is 0.287 e. The van der Waals surface area contributed by atoms with Gasteiger partial charge in [0.1, 0.15) is 12.0 Å². The predicted octanol–water partition coefficient (Wildman–Crippen LogP) is 3.15. The predicted molar refractivity (Wildman–Crippen MR) is 122 cm³/mol. The van der Waals surface area contributed by atoms with E-state index in [4.69, 9.17) is 0 Å². The highest BCUT2D eigenvalue weighted by molar-refractivity contribution is 5.92. The van der Waals surface area contributed by atoms with Crippen LogP contribution in [0.4, 0.5) is 11.5 Å². The van der Waals surface area contributed by atoms with Gasteiger partial charge >= 0.3 is 0 Å². The average Bonchev–Trinajstić information content (AvgIpc) is 3.11. The van der Waals surface area contributed by atoms with Crippen LogP contribution in [0.5, 0.6) is 0 Å². The molecule has 1 amide bonds. The van der Waals surface area contributed by atoms with Crippen LogP contribution in [-0.2, 0) is 4.79 Å². The first kappa shape index (κ1) is 21.2. The Morgan fingerprint density at radius 1 is 1.06 bits per heavy atom. The van der Waals surface area contributed by atoms with E-state index in [0.717, 1.165) is 22.6 Å². The molecule has 164 valence electrons. The fourth-order valence-corrected chi connectivity index (χ4v) is 3.81. The van der Waals surface area contributed by atoms with Gasteiger partial charge in [-0.1, -0.05) is 18.2 Å². The molecule has 4 rings (SSSR count). The van der Waals surface area contributed by atoms with E-state index in [1.165, 1.54) is 12.3 Å². The second kappa shape index (κ2) is 9.01. The van der Waals surface area contributed by atoms with Gasteiger partial charge in [0.2, 0.25) is 5.91 Å². The number of anilines is 1. The molecule has 0 N–H and O–H groups in total. The van der Waals surface area contributed by atoms with Crippen molar-refractivity contribution in [3.8, 4) is 5.69 Å². The third-order valence-corrected chi connectivity index (χ3v) is 5.60. The van der Waals surface area contributed by atoms with E-state index in [1.807, 2.05) is 59.8 Å². The van der Waals surface area contributed by atoms with Crippen LogP contribution in [0.2, 0.25) is 0 Å². The van der Waals surface area contributed by atoms with E-state index in [-0.39, 0.29) is 11.6 Å². The number of pyridine rings is 1. The molecule has 9 heteroatoms. The molecule has 0 atom stereocenters. The van der Waals surface area contributed by atoms with Crippen molar-refractivity contribution in [2.45, 2.75) is 13.8 Å². The largest absolute Gasteiger partial charge is 0.353 e. The summed E-state index contributed by atoms with van der Waals surface area (Å²) >= 11 is 0. The van der Waals surface area contributed by atoms with Crippen LogP contribution >= 0.6 is 0 Å². The molecule has 0 unspecified atom stereocenters. The lowest BCUT2D eigenvalue weighted by Crippen LogP contribution is -2.48. The standard InChI is InChI=1S/C23H24N6O3/c1-17-21(18(2)28(25-17)19-6-4-3-5-7-19)9-11-23(30)27-14-12-26(13-15-27)22-10-8-20(16-24-22)29(31)32/h3-11,16H,12-15H2,1-2H3/b11-9+. The normalized spacial score (nSPS) is 14.2. The van der Waals surface area contributed by atoms with Gasteiger partial charge in [0.25, 0.3) is 5.69 Å². The number of nitrogens with zero attached hydrogens (tertiary/aromatic N) is 6. The molecule has 1 fully saturated rings. The Hall–Kier alpha value is -4.01. The van der Waals surface area contributed by atoms with Gasteiger partial charge in [-0.2, -0.15) is 5.10 Å².